The molecule has 0 aliphatic heterocycles. The van der Waals surface area contributed by atoms with Crippen molar-refractivity contribution in [3.05, 3.63) is 0 Å². The quantitative estimate of drug-likeness (QED) is 0.164. The van der Waals surface area contributed by atoms with Gasteiger partial charge in [-0.2, -0.15) is 0 Å². The molecular weight excluding hydrogens is 324 g/mol. The molecule has 0 heterocycles. The number of unbranched alkanes of at least 4 members (excludes halogenated alkanes) is 13. The van der Waals surface area contributed by atoms with Crippen molar-refractivity contribution in [3.8, 4) is 0 Å². The van der Waals surface area contributed by atoms with Gasteiger partial charge in [0, 0.05) is 0 Å². The van der Waals surface area contributed by atoms with Gasteiger partial charge < -0.3 is 0 Å². The lowest BCUT2D eigenvalue weighted by molar-refractivity contribution is 0.242. The lowest BCUT2D eigenvalue weighted by Crippen LogP contribution is -2.15. The van der Waals surface area contributed by atoms with Gasteiger partial charge in [-0.05, 0) is 11.8 Å². The average molecular weight is 381 g/mol. The first-order valence-electron chi connectivity index (χ1n) is 13.3. The number of hydrogen-bond acceptors (Lipinski definition) is 0. The van der Waals surface area contributed by atoms with E-state index in [4.69, 9.17) is 0 Å². The van der Waals surface area contributed by atoms with Crippen molar-refractivity contribution < 1.29 is 0 Å². The lowest BCUT2D eigenvalue weighted by atomic mass is 9.78. The van der Waals surface area contributed by atoms with Crippen molar-refractivity contribution >= 4 is 0 Å². The van der Waals surface area contributed by atoms with Crippen LogP contribution >= 0.6 is 0 Å². The van der Waals surface area contributed by atoms with Gasteiger partial charge in [-0.25, -0.2) is 0 Å². The second-order valence-corrected chi connectivity index (χ2v) is 9.27. The van der Waals surface area contributed by atoms with Crippen molar-refractivity contribution in [2.75, 3.05) is 0 Å². The molecule has 164 valence electrons. The van der Waals surface area contributed by atoms with E-state index in [1.807, 2.05) is 0 Å². The molecule has 0 nitrogen and oxygen atoms in total. The summed E-state index contributed by atoms with van der Waals surface area (Å²) in [5.74, 6) is 2.05. The molecule has 0 aliphatic carbocycles. The second kappa shape index (κ2) is 22.3. The molecule has 0 aliphatic rings. The van der Waals surface area contributed by atoms with Crippen LogP contribution in [0, 0.1) is 11.8 Å². The summed E-state index contributed by atoms with van der Waals surface area (Å²) in [4.78, 5) is 0. The van der Waals surface area contributed by atoms with Crippen LogP contribution in [0.5, 0.6) is 0 Å². The van der Waals surface area contributed by atoms with Crippen LogP contribution in [0.25, 0.3) is 0 Å². The van der Waals surface area contributed by atoms with Crippen LogP contribution in [-0.2, 0) is 0 Å². The molecule has 2 unspecified atom stereocenters. The summed E-state index contributed by atoms with van der Waals surface area (Å²) in [6.45, 7) is 9.41. The molecule has 0 fully saturated rings. The topological polar surface area (TPSA) is 0 Å². The zero-order chi connectivity index (χ0) is 20.0. The molecule has 0 radical (unpaired) electrons. The Kier molecular flexibility index (Phi) is 22.3. The molecule has 0 aromatic carbocycles. The van der Waals surface area contributed by atoms with E-state index in [0.29, 0.717) is 0 Å². The third kappa shape index (κ3) is 17.8. The Morgan fingerprint density at radius 1 is 0.296 bits per heavy atom. The Balaban J connectivity index is 4.12. The average Bonchev–Trinajstić information content (AvgIpc) is 2.68. The van der Waals surface area contributed by atoms with Gasteiger partial charge in [0.15, 0.2) is 0 Å². The van der Waals surface area contributed by atoms with E-state index in [9.17, 15) is 0 Å². The predicted octanol–water partition coefficient (Wildman–Crippen LogP) is 10.5. The predicted molar refractivity (Wildman–Crippen MR) is 127 cm³/mol. The molecule has 0 saturated carbocycles. The smallest absolute Gasteiger partial charge is 0.0386 e. The highest BCUT2D eigenvalue weighted by molar-refractivity contribution is 4.71. The van der Waals surface area contributed by atoms with Crippen molar-refractivity contribution in [1.82, 2.24) is 0 Å². The molecule has 0 spiro atoms. The molecule has 0 heteroatoms. The van der Waals surface area contributed by atoms with Gasteiger partial charge in [0.25, 0.3) is 0 Å². The molecule has 0 amide bonds. The van der Waals surface area contributed by atoms with E-state index in [2.05, 4.69) is 27.7 Å². The third-order valence-electron chi connectivity index (χ3n) is 6.61. The van der Waals surface area contributed by atoms with Crippen LogP contribution in [0.4, 0.5) is 0 Å². The first-order valence-corrected chi connectivity index (χ1v) is 13.3. The van der Waals surface area contributed by atoms with Crippen LogP contribution in [0.15, 0.2) is 0 Å². The highest BCUT2D eigenvalue weighted by atomic mass is 14.3. The van der Waals surface area contributed by atoms with Crippen LogP contribution < -0.4 is 0 Å². The summed E-state index contributed by atoms with van der Waals surface area (Å²) < 4.78 is 0. The van der Waals surface area contributed by atoms with Crippen LogP contribution in [0.1, 0.15) is 163 Å². The van der Waals surface area contributed by atoms with Crippen LogP contribution in [0.3, 0.4) is 0 Å². The Hall–Kier alpha value is 0. The monoisotopic (exact) mass is 380 g/mol. The minimum atomic E-state index is 1.03. The van der Waals surface area contributed by atoms with Gasteiger partial charge in [-0.15, -0.1) is 0 Å². The van der Waals surface area contributed by atoms with Gasteiger partial charge in [0.1, 0.15) is 0 Å². The zero-order valence-electron chi connectivity index (χ0n) is 20.0. The second-order valence-electron chi connectivity index (χ2n) is 9.27. The largest absolute Gasteiger partial charge is 0.0654 e. The van der Waals surface area contributed by atoms with E-state index >= 15 is 0 Å². The summed E-state index contributed by atoms with van der Waals surface area (Å²) in [6.07, 6.45) is 30.7. The minimum absolute atomic E-state index is 1.03. The number of hydrogen-bond donors (Lipinski definition) is 0. The molecule has 2 atom stereocenters. The fraction of sp³-hybridized carbons (Fsp3) is 1.00. The summed E-state index contributed by atoms with van der Waals surface area (Å²) in [6, 6.07) is 0. The van der Waals surface area contributed by atoms with Gasteiger partial charge in [-0.1, -0.05) is 163 Å². The molecule has 0 rings (SSSR count). The summed E-state index contributed by atoms with van der Waals surface area (Å²) in [7, 11) is 0. The lowest BCUT2D eigenvalue weighted by Gasteiger charge is -2.27. The molecule has 0 bridgehead atoms. The van der Waals surface area contributed by atoms with Crippen molar-refractivity contribution in [1.29, 1.82) is 0 Å². The summed E-state index contributed by atoms with van der Waals surface area (Å²) in [5.41, 5.74) is 0. The van der Waals surface area contributed by atoms with Crippen LogP contribution in [0.2, 0.25) is 0 Å². The molecule has 0 aromatic heterocycles. The highest BCUT2D eigenvalue weighted by Gasteiger charge is 2.19. The van der Waals surface area contributed by atoms with E-state index in [1.54, 1.807) is 0 Å². The minimum Gasteiger partial charge on any atom is -0.0654 e. The van der Waals surface area contributed by atoms with Gasteiger partial charge >= 0.3 is 0 Å². The Morgan fingerprint density at radius 2 is 0.630 bits per heavy atom. The molecule has 0 aromatic rings. The number of rotatable bonds is 22. The van der Waals surface area contributed by atoms with E-state index in [0.717, 1.165) is 11.8 Å². The normalized spacial score (nSPS) is 13.8. The fourth-order valence-corrected chi connectivity index (χ4v) is 4.80. The SMILES string of the molecule is CCCCCCCCCC(CCC)C(CCCC)CCCCCCCCC. The van der Waals surface area contributed by atoms with Gasteiger partial charge in [-0.3, -0.25) is 0 Å². The van der Waals surface area contributed by atoms with E-state index in [1.165, 1.54) is 135 Å². The van der Waals surface area contributed by atoms with E-state index < -0.39 is 0 Å². The maximum absolute atomic E-state index is 2.41. The first-order chi connectivity index (χ1) is 13.3. The Labute approximate surface area is 174 Å². The highest BCUT2D eigenvalue weighted by Crippen LogP contribution is 2.32. The molecular formula is C27H56. The standard InChI is InChI=1S/C27H56/c1-5-9-12-14-16-18-20-24-26(22-8-4)27(23-11-7-3)25-21-19-17-15-13-10-6-2/h26-27H,5-25H2,1-4H3. The zero-order valence-corrected chi connectivity index (χ0v) is 20.0. The van der Waals surface area contributed by atoms with Gasteiger partial charge in [0.2, 0.25) is 0 Å². The fourth-order valence-electron chi connectivity index (χ4n) is 4.80. The van der Waals surface area contributed by atoms with Gasteiger partial charge in [0.05, 0.1) is 0 Å². The first kappa shape index (κ1) is 27.0. The Morgan fingerprint density at radius 3 is 1.04 bits per heavy atom. The summed E-state index contributed by atoms with van der Waals surface area (Å²) >= 11 is 0. The van der Waals surface area contributed by atoms with Crippen LogP contribution in [-0.4, -0.2) is 0 Å². The van der Waals surface area contributed by atoms with Crippen molar-refractivity contribution in [2.45, 2.75) is 163 Å². The molecule has 0 saturated heterocycles. The maximum atomic E-state index is 2.41. The molecule has 27 heavy (non-hydrogen) atoms. The molecule has 0 N–H and O–H groups in total. The maximum Gasteiger partial charge on any atom is -0.0386 e. The summed E-state index contributed by atoms with van der Waals surface area (Å²) in [5, 5.41) is 0. The van der Waals surface area contributed by atoms with E-state index in [-0.39, 0.29) is 0 Å². The van der Waals surface area contributed by atoms with Crippen molar-refractivity contribution in [2.24, 2.45) is 11.8 Å². The third-order valence-corrected chi connectivity index (χ3v) is 6.61. The Bertz CT molecular complexity index is 257. The van der Waals surface area contributed by atoms with Crippen molar-refractivity contribution in [3.63, 3.8) is 0 Å².